The molecule has 2 amide bonds. The molecule has 2 aliphatic heterocycles. The molecule has 3 aliphatic rings. The van der Waals surface area contributed by atoms with Crippen LogP contribution in [0.1, 0.15) is 36.3 Å². The van der Waals surface area contributed by atoms with Crippen LogP contribution < -0.4 is 0 Å². The van der Waals surface area contributed by atoms with Crippen molar-refractivity contribution < 1.29 is 24.2 Å². The molecule has 2 fully saturated rings. The quantitative estimate of drug-likeness (QED) is 0.730. The summed E-state index contributed by atoms with van der Waals surface area (Å²) in [5.41, 5.74) is 3.22. The number of ether oxygens (including phenoxy) is 2. The van der Waals surface area contributed by atoms with Crippen LogP contribution in [0.3, 0.4) is 0 Å². The Kier molecular flexibility index (Phi) is 5.95. The highest BCUT2D eigenvalue weighted by Gasteiger charge is 2.67. The number of nitrogens with zero attached hydrogens (tertiary/aromatic N) is 2. The largest absolute Gasteiger partial charge is 0.394 e. The molecule has 0 aromatic heterocycles. The normalized spacial score (nSPS) is 24.4. The maximum absolute atomic E-state index is 12.8. The van der Waals surface area contributed by atoms with Gasteiger partial charge >= 0.3 is 0 Å². The molecule has 30 heavy (non-hydrogen) atoms. The number of rotatable bonds is 7. The first-order valence-corrected chi connectivity index (χ1v) is 10.5. The zero-order valence-corrected chi connectivity index (χ0v) is 17.7. The molecule has 4 rings (SSSR count). The Morgan fingerprint density at radius 2 is 1.77 bits per heavy atom. The number of aliphatic hydroxyl groups excluding tert-OH is 1. The summed E-state index contributed by atoms with van der Waals surface area (Å²) in [7, 11) is 2.98. The highest BCUT2D eigenvalue weighted by molar-refractivity contribution is 5.84. The molecule has 2 atom stereocenters. The van der Waals surface area contributed by atoms with Gasteiger partial charge in [0, 0.05) is 33.2 Å². The molecule has 0 unspecified atom stereocenters. The summed E-state index contributed by atoms with van der Waals surface area (Å²) in [6.07, 6.45) is 5.75. The molecule has 2 saturated heterocycles. The van der Waals surface area contributed by atoms with E-state index in [0.717, 1.165) is 18.4 Å². The lowest BCUT2D eigenvalue weighted by atomic mass is 9.60. The molecule has 1 aromatic carbocycles. The molecule has 162 valence electrons. The summed E-state index contributed by atoms with van der Waals surface area (Å²) < 4.78 is 10.0. The van der Waals surface area contributed by atoms with Crippen molar-refractivity contribution in [1.82, 2.24) is 9.80 Å². The van der Waals surface area contributed by atoms with Crippen LogP contribution in [-0.2, 0) is 19.1 Å². The van der Waals surface area contributed by atoms with E-state index in [4.69, 9.17) is 9.47 Å². The van der Waals surface area contributed by atoms with Gasteiger partial charge in [-0.05, 0) is 36.0 Å². The number of likely N-dealkylation sites (tertiary alicyclic amines) is 2. The van der Waals surface area contributed by atoms with Crippen molar-refractivity contribution in [2.24, 2.45) is 0 Å². The Bertz CT molecular complexity index is 829. The molecule has 7 nitrogen and oxygen atoms in total. The van der Waals surface area contributed by atoms with Crippen LogP contribution in [0.25, 0.3) is 5.57 Å². The van der Waals surface area contributed by atoms with Crippen LogP contribution in [-0.4, -0.2) is 85.4 Å². The van der Waals surface area contributed by atoms with E-state index in [9.17, 15) is 14.7 Å². The number of hydrogen-bond acceptors (Lipinski definition) is 5. The second kappa shape index (κ2) is 8.49. The van der Waals surface area contributed by atoms with Gasteiger partial charge in [0.1, 0.15) is 13.2 Å². The fourth-order valence-electron chi connectivity index (χ4n) is 5.44. The van der Waals surface area contributed by atoms with E-state index in [1.54, 1.807) is 9.80 Å². The van der Waals surface area contributed by atoms with Crippen LogP contribution >= 0.6 is 0 Å². The average Bonchev–Trinajstić information content (AvgIpc) is 3.22. The van der Waals surface area contributed by atoms with Crippen molar-refractivity contribution in [3.8, 4) is 0 Å². The van der Waals surface area contributed by atoms with Crippen LogP contribution in [0.4, 0.5) is 0 Å². The monoisotopic (exact) mass is 414 g/mol. The lowest BCUT2D eigenvalue weighted by Gasteiger charge is -2.70. The van der Waals surface area contributed by atoms with E-state index >= 15 is 0 Å². The first-order valence-electron chi connectivity index (χ1n) is 10.5. The maximum atomic E-state index is 12.8. The Morgan fingerprint density at radius 1 is 1.10 bits per heavy atom. The predicted octanol–water partition coefficient (Wildman–Crippen LogP) is 1.41. The van der Waals surface area contributed by atoms with Crippen LogP contribution in [0.2, 0.25) is 0 Å². The van der Waals surface area contributed by atoms with Gasteiger partial charge in [0.25, 0.3) is 0 Å². The van der Waals surface area contributed by atoms with Crippen LogP contribution in [0.5, 0.6) is 0 Å². The van der Waals surface area contributed by atoms with Crippen LogP contribution in [0, 0.1) is 0 Å². The zero-order chi connectivity index (χ0) is 21.3. The smallest absolute Gasteiger partial charge is 0.249 e. The van der Waals surface area contributed by atoms with Crippen molar-refractivity contribution in [1.29, 1.82) is 0 Å². The number of benzene rings is 1. The van der Waals surface area contributed by atoms with Gasteiger partial charge < -0.3 is 24.4 Å². The molecule has 1 aromatic rings. The SMILES string of the molecule is COCC(=O)N1CC2(C1)[C@H](c1ccc(C3=CCCC3)cc1)[C@H](CO)N2C(=O)COC. The molecule has 0 radical (unpaired) electrons. The highest BCUT2D eigenvalue weighted by atomic mass is 16.5. The molecular weight excluding hydrogens is 384 g/mol. The van der Waals surface area contributed by atoms with E-state index < -0.39 is 5.54 Å². The minimum absolute atomic E-state index is 0.0264. The van der Waals surface area contributed by atoms with E-state index in [-0.39, 0.29) is 43.6 Å². The number of hydrogen-bond donors (Lipinski definition) is 1. The molecule has 1 spiro atoms. The number of allylic oxidation sites excluding steroid dienone is 2. The third kappa shape index (κ3) is 3.35. The first-order chi connectivity index (χ1) is 14.6. The van der Waals surface area contributed by atoms with Gasteiger partial charge in [0.05, 0.1) is 18.2 Å². The van der Waals surface area contributed by atoms with Crippen LogP contribution in [0.15, 0.2) is 30.3 Å². The summed E-state index contributed by atoms with van der Waals surface area (Å²) in [4.78, 5) is 28.5. The number of carbonyl (C=O) groups is 2. The van der Waals surface area contributed by atoms with E-state index in [1.165, 1.54) is 31.8 Å². The molecular formula is C23H30N2O5. The molecule has 0 saturated carbocycles. The first kappa shape index (κ1) is 21.0. The lowest BCUT2D eigenvalue weighted by molar-refractivity contribution is -0.206. The molecule has 2 heterocycles. The van der Waals surface area contributed by atoms with E-state index in [2.05, 4.69) is 30.3 Å². The van der Waals surface area contributed by atoms with Gasteiger partial charge in [-0.3, -0.25) is 9.59 Å². The number of amides is 2. The Morgan fingerprint density at radius 3 is 2.33 bits per heavy atom. The minimum Gasteiger partial charge on any atom is -0.394 e. The topological polar surface area (TPSA) is 79.3 Å². The summed E-state index contributed by atoms with van der Waals surface area (Å²) in [6.45, 7) is 0.752. The summed E-state index contributed by atoms with van der Waals surface area (Å²) in [5.74, 6) is -0.266. The fourth-order valence-corrected chi connectivity index (χ4v) is 5.44. The summed E-state index contributed by atoms with van der Waals surface area (Å²) in [5, 5.41) is 10.1. The number of methoxy groups -OCH3 is 2. The Labute approximate surface area is 177 Å². The van der Waals surface area contributed by atoms with Gasteiger partial charge in [-0.15, -0.1) is 0 Å². The Balaban J connectivity index is 1.60. The predicted molar refractivity (Wildman–Crippen MR) is 112 cm³/mol. The molecule has 1 N–H and O–H groups in total. The second-order valence-electron chi connectivity index (χ2n) is 8.45. The van der Waals surface area contributed by atoms with Gasteiger partial charge in [-0.1, -0.05) is 30.3 Å². The van der Waals surface area contributed by atoms with E-state index in [0.29, 0.717) is 13.1 Å². The van der Waals surface area contributed by atoms with Gasteiger partial charge in [0.15, 0.2) is 0 Å². The third-order valence-corrected chi connectivity index (χ3v) is 6.73. The van der Waals surface area contributed by atoms with Gasteiger partial charge in [-0.2, -0.15) is 0 Å². The fraction of sp³-hybridized carbons (Fsp3) is 0.565. The molecule has 7 heteroatoms. The zero-order valence-electron chi connectivity index (χ0n) is 17.7. The van der Waals surface area contributed by atoms with Crippen molar-refractivity contribution in [2.75, 3.05) is 47.1 Å². The van der Waals surface area contributed by atoms with E-state index in [1.807, 2.05) is 0 Å². The molecule has 0 bridgehead atoms. The van der Waals surface area contributed by atoms with Crippen molar-refractivity contribution in [2.45, 2.75) is 36.8 Å². The number of aliphatic hydroxyl groups is 1. The van der Waals surface area contributed by atoms with Crippen molar-refractivity contribution in [3.63, 3.8) is 0 Å². The van der Waals surface area contributed by atoms with Crippen molar-refractivity contribution in [3.05, 3.63) is 41.5 Å². The Hall–Kier alpha value is -2.22. The van der Waals surface area contributed by atoms with Gasteiger partial charge in [-0.25, -0.2) is 0 Å². The average molecular weight is 415 g/mol. The second-order valence-corrected chi connectivity index (χ2v) is 8.45. The summed E-state index contributed by atoms with van der Waals surface area (Å²) in [6, 6.07) is 8.19. The maximum Gasteiger partial charge on any atom is 0.249 e. The summed E-state index contributed by atoms with van der Waals surface area (Å²) >= 11 is 0. The lowest BCUT2D eigenvalue weighted by Crippen LogP contribution is -2.86. The molecule has 1 aliphatic carbocycles. The third-order valence-electron chi connectivity index (χ3n) is 6.73. The minimum atomic E-state index is -0.499. The van der Waals surface area contributed by atoms with Crippen molar-refractivity contribution >= 4 is 17.4 Å². The highest BCUT2D eigenvalue weighted by Crippen LogP contribution is 2.54. The van der Waals surface area contributed by atoms with Gasteiger partial charge in [0.2, 0.25) is 11.8 Å². The standard InChI is InChI=1S/C23H30N2O5/c1-29-12-20(27)24-14-23(15-24)22(19(11-26)25(23)21(28)13-30-2)18-9-7-17(8-10-18)16-5-3-4-6-16/h5,7-10,19,22,26H,3-4,6,11-15H2,1-2H3/t19-,22+/m0/s1. The number of carbonyl (C=O) groups excluding carboxylic acids is 2.